The average Bonchev–Trinajstić information content (AvgIpc) is 3.19. The number of anilines is 1. The van der Waals surface area contributed by atoms with Crippen LogP contribution in [0.4, 0.5) is 5.69 Å². The summed E-state index contributed by atoms with van der Waals surface area (Å²) in [5.41, 5.74) is 2.90. The van der Waals surface area contributed by atoms with Crippen LogP contribution in [0.5, 0.6) is 0 Å². The molecule has 1 aromatic carbocycles. The number of hydrogen-bond donors (Lipinski definition) is 1. The summed E-state index contributed by atoms with van der Waals surface area (Å²) in [5.74, 6) is 0.170. The lowest BCUT2D eigenvalue weighted by Crippen LogP contribution is -2.34. The molecule has 0 radical (unpaired) electrons. The Morgan fingerprint density at radius 3 is 2.72 bits per heavy atom. The lowest BCUT2D eigenvalue weighted by molar-refractivity contribution is 0.0744. The van der Waals surface area contributed by atoms with Crippen molar-refractivity contribution in [3.8, 4) is 0 Å². The highest BCUT2D eigenvalue weighted by Crippen LogP contribution is 2.30. The summed E-state index contributed by atoms with van der Waals surface area (Å²) in [4.78, 5) is 14.6. The molecule has 0 aromatic heterocycles. The van der Waals surface area contributed by atoms with Crippen molar-refractivity contribution in [1.29, 1.82) is 0 Å². The summed E-state index contributed by atoms with van der Waals surface area (Å²) in [6.45, 7) is 5.02. The summed E-state index contributed by atoms with van der Waals surface area (Å²) in [7, 11) is 1.87. The van der Waals surface area contributed by atoms with E-state index in [9.17, 15) is 4.79 Å². The van der Waals surface area contributed by atoms with Gasteiger partial charge in [-0.15, -0.1) is 0 Å². The predicted molar refractivity (Wildman–Crippen MR) is 75.1 cm³/mol. The Morgan fingerprint density at radius 2 is 2.17 bits per heavy atom. The quantitative estimate of drug-likeness (QED) is 0.866. The summed E-state index contributed by atoms with van der Waals surface area (Å²) in [6, 6.07) is 6.45. The molecule has 0 aliphatic heterocycles. The Kier molecular flexibility index (Phi) is 3.90. The van der Waals surface area contributed by atoms with Gasteiger partial charge in [0.15, 0.2) is 0 Å². The third kappa shape index (κ3) is 2.66. The summed E-state index contributed by atoms with van der Waals surface area (Å²) < 4.78 is 0. The molecule has 18 heavy (non-hydrogen) atoms. The van der Waals surface area contributed by atoms with E-state index in [1.165, 1.54) is 5.56 Å². The van der Waals surface area contributed by atoms with E-state index in [0.29, 0.717) is 6.04 Å². The van der Waals surface area contributed by atoms with Gasteiger partial charge in [0.25, 0.3) is 5.91 Å². The lowest BCUT2D eigenvalue weighted by atomic mass is 10.1. The van der Waals surface area contributed by atoms with E-state index in [1.807, 2.05) is 37.1 Å². The molecule has 2 rings (SSSR count). The van der Waals surface area contributed by atoms with Crippen LogP contribution in [0, 0.1) is 6.92 Å². The maximum absolute atomic E-state index is 12.6. The third-order valence-electron chi connectivity index (χ3n) is 3.39. The zero-order valence-corrected chi connectivity index (χ0v) is 11.5. The van der Waals surface area contributed by atoms with Gasteiger partial charge in [-0.3, -0.25) is 4.79 Å². The molecule has 0 atom stereocenters. The molecule has 3 nitrogen and oxygen atoms in total. The fraction of sp³-hybridized carbons (Fsp3) is 0.533. The summed E-state index contributed by atoms with van der Waals surface area (Å²) in [5, 5.41) is 3.13. The molecule has 0 saturated heterocycles. The van der Waals surface area contributed by atoms with Crippen molar-refractivity contribution in [2.75, 3.05) is 18.9 Å². The van der Waals surface area contributed by atoms with Crippen LogP contribution in [0.3, 0.4) is 0 Å². The van der Waals surface area contributed by atoms with Gasteiger partial charge in [-0.05, 0) is 43.9 Å². The van der Waals surface area contributed by atoms with Crippen molar-refractivity contribution in [1.82, 2.24) is 4.90 Å². The SMILES string of the molecule is CCCN(C(=O)c1ccc(C)cc1NC)C1CC1. The van der Waals surface area contributed by atoms with E-state index in [-0.39, 0.29) is 5.91 Å². The van der Waals surface area contributed by atoms with Crippen molar-refractivity contribution < 1.29 is 4.79 Å². The largest absolute Gasteiger partial charge is 0.387 e. The van der Waals surface area contributed by atoms with Crippen LogP contribution in [0.25, 0.3) is 0 Å². The van der Waals surface area contributed by atoms with Gasteiger partial charge in [0.2, 0.25) is 0 Å². The smallest absolute Gasteiger partial charge is 0.256 e. The molecular formula is C15H22N2O. The van der Waals surface area contributed by atoms with E-state index in [4.69, 9.17) is 0 Å². The third-order valence-corrected chi connectivity index (χ3v) is 3.39. The Balaban J connectivity index is 2.26. The van der Waals surface area contributed by atoms with Gasteiger partial charge in [0, 0.05) is 25.3 Å². The number of carbonyl (C=O) groups is 1. The molecule has 1 aliphatic carbocycles. The van der Waals surface area contributed by atoms with Crippen molar-refractivity contribution >= 4 is 11.6 Å². The minimum Gasteiger partial charge on any atom is -0.387 e. The number of rotatable bonds is 5. The molecule has 1 aliphatic rings. The van der Waals surface area contributed by atoms with Crippen LogP contribution >= 0.6 is 0 Å². The monoisotopic (exact) mass is 246 g/mol. The highest BCUT2D eigenvalue weighted by atomic mass is 16.2. The highest BCUT2D eigenvalue weighted by molar-refractivity contribution is 6.00. The fourth-order valence-corrected chi connectivity index (χ4v) is 2.28. The number of carbonyl (C=O) groups excluding carboxylic acids is 1. The molecule has 0 heterocycles. The lowest BCUT2D eigenvalue weighted by Gasteiger charge is -2.23. The fourth-order valence-electron chi connectivity index (χ4n) is 2.28. The number of benzene rings is 1. The first kappa shape index (κ1) is 12.9. The van der Waals surface area contributed by atoms with Gasteiger partial charge in [0.1, 0.15) is 0 Å². The Hall–Kier alpha value is -1.51. The predicted octanol–water partition coefficient (Wildman–Crippen LogP) is 3.05. The average molecular weight is 246 g/mol. The Morgan fingerprint density at radius 1 is 1.44 bits per heavy atom. The van der Waals surface area contributed by atoms with Crippen molar-refractivity contribution in [3.63, 3.8) is 0 Å². The van der Waals surface area contributed by atoms with Gasteiger partial charge in [-0.1, -0.05) is 13.0 Å². The van der Waals surface area contributed by atoms with Crippen LogP contribution in [0.2, 0.25) is 0 Å². The van der Waals surface area contributed by atoms with Gasteiger partial charge >= 0.3 is 0 Å². The minimum absolute atomic E-state index is 0.170. The van der Waals surface area contributed by atoms with Crippen LogP contribution in [-0.4, -0.2) is 30.4 Å². The van der Waals surface area contributed by atoms with Crippen molar-refractivity contribution in [2.24, 2.45) is 0 Å². The molecule has 1 fully saturated rings. The molecule has 3 heteroatoms. The molecule has 1 saturated carbocycles. The number of aryl methyl sites for hydroxylation is 1. The topological polar surface area (TPSA) is 32.3 Å². The number of hydrogen-bond acceptors (Lipinski definition) is 2. The molecular weight excluding hydrogens is 224 g/mol. The van der Waals surface area contributed by atoms with E-state index in [2.05, 4.69) is 12.2 Å². The molecule has 0 bridgehead atoms. The molecule has 0 unspecified atom stereocenters. The van der Waals surface area contributed by atoms with E-state index < -0.39 is 0 Å². The van der Waals surface area contributed by atoms with Gasteiger partial charge in [0.05, 0.1) is 5.56 Å². The van der Waals surface area contributed by atoms with E-state index in [1.54, 1.807) is 0 Å². The van der Waals surface area contributed by atoms with Gasteiger partial charge in [-0.25, -0.2) is 0 Å². The van der Waals surface area contributed by atoms with Crippen LogP contribution in [0.1, 0.15) is 42.1 Å². The first-order valence-electron chi connectivity index (χ1n) is 6.76. The number of amides is 1. The van der Waals surface area contributed by atoms with Gasteiger partial charge in [-0.2, -0.15) is 0 Å². The number of nitrogens with one attached hydrogen (secondary N) is 1. The standard InChI is InChI=1S/C15H22N2O/c1-4-9-17(12-6-7-12)15(18)13-8-5-11(2)10-14(13)16-3/h5,8,10,12,16H,4,6-7,9H2,1-3H3. The maximum Gasteiger partial charge on any atom is 0.256 e. The van der Waals surface area contributed by atoms with Crippen molar-refractivity contribution in [2.45, 2.75) is 39.2 Å². The molecule has 1 N–H and O–H groups in total. The zero-order chi connectivity index (χ0) is 13.1. The second-order valence-corrected chi connectivity index (χ2v) is 5.03. The Bertz CT molecular complexity index is 438. The zero-order valence-electron chi connectivity index (χ0n) is 11.5. The molecule has 1 amide bonds. The van der Waals surface area contributed by atoms with Crippen LogP contribution in [-0.2, 0) is 0 Å². The van der Waals surface area contributed by atoms with Gasteiger partial charge < -0.3 is 10.2 Å². The minimum atomic E-state index is 0.170. The normalized spacial score (nSPS) is 14.4. The molecule has 98 valence electrons. The maximum atomic E-state index is 12.6. The molecule has 0 spiro atoms. The number of nitrogens with zero attached hydrogens (tertiary/aromatic N) is 1. The molecule has 1 aromatic rings. The van der Waals surface area contributed by atoms with E-state index >= 15 is 0 Å². The van der Waals surface area contributed by atoms with Crippen LogP contribution < -0.4 is 5.32 Å². The highest BCUT2D eigenvalue weighted by Gasteiger charge is 2.33. The second-order valence-electron chi connectivity index (χ2n) is 5.03. The second kappa shape index (κ2) is 5.42. The summed E-state index contributed by atoms with van der Waals surface area (Å²) in [6.07, 6.45) is 3.34. The van der Waals surface area contributed by atoms with E-state index in [0.717, 1.165) is 37.1 Å². The van der Waals surface area contributed by atoms with Crippen molar-refractivity contribution in [3.05, 3.63) is 29.3 Å². The summed E-state index contributed by atoms with van der Waals surface area (Å²) >= 11 is 0. The first-order chi connectivity index (χ1) is 8.67. The first-order valence-corrected chi connectivity index (χ1v) is 6.76. The van der Waals surface area contributed by atoms with Crippen LogP contribution in [0.15, 0.2) is 18.2 Å². The Labute approximate surface area is 109 Å².